The SMILES string of the molecule is N[13CH2]C(O)c1ccco1. The van der Waals surface area contributed by atoms with E-state index in [2.05, 4.69) is 0 Å². The molecule has 0 amide bonds. The molecule has 0 spiro atoms. The van der Waals surface area contributed by atoms with Gasteiger partial charge in [0.1, 0.15) is 11.9 Å². The first-order valence-corrected chi connectivity index (χ1v) is 2.76. The van der Waals surface area contributed by atoms with Gasteiger partial charge in [0.15, 0.2) is 0 Å². The summed E-state index contributed by atoms with van der Waals surface area (Å²) in [7, 11) is 0. The number of rotatable bonds is 2. The Labute approximate surface area is 53.1 Å². The Balaban J connectivity index is 2.65. The molecule has 0 saturated carbocycles. The monoisotopic (exact) mass is 128 g/mol. The molecule has 0 saturated heterocycles. The average Bonchev–Trinajstić information content (AvgIpc) is 2.37. The van der Waals surface area contributed by atoms with Crippen molar-refractivity contribution in [2.45, 2.75) is 6.10 Å². The van der Waals surface area contributed by atoms with Crippen LogP contribution in [0.15, 0.2) is 22.8 Å². The first-order valence-electron chi connectivity index (χ1n) is 2.76. The zero-order chi connectivity index (χ0) is 6.69. The zero-order valence-electron chi connectivity index (χ0n) is 4.95. The molecule has 50 valence electrons. The molecular weight excluding hydrogens is 119 g/mol. The third-order valence-electron chi connectivity index (χ3n) is 1.09. The third kappa shape index (κ3) is 1.31. The maximum absolute atomic E-state index is 9.00. The molecule has 0 aromatic carbocycles. The molecule has 0 bridgehead atoms. The number of hydrogen-bond donors (Lipinski definition) is 2. The van der Waals surface area contributed by atoms with Crippen LogP contribution in [0.4, 0.5) is 0 Å². The van der Waals surface area contributed by atoms with Crippen LogP contribution in [0.3, 0.4) is 0 Å². The van der Waals surface area contributed by atoms with Gasteiger partial charge in [0.25, 0.3) is 0 Å². The van der Waals surface area contributed by atoms with Crippen molar-refractivity contribution in [1.82, 2.24) is 0 Å². The lowest BCUT2D eigenvalue weighted by Gasteiger charge is -2.00. The van der Waals surface area contributed by atoms with Crippen LogP contribution >= 0.6 is 0 Å². The lowest BCUT2D eigenvalue weighted by atomic mass is 10.4. The molecule has 0 aliphatic heterocycles. The molecular formula is C6H9NO2. The summed E-state index contributed by atoms with van der Waals surface area (Å²) in [6, 6.07) is 3.41. The highest BCUT2D eigenvalue weighted by atomic mass is 16.4. The van der Waals surface area contributed by atoms with Crippen LogP contribution in [-0.2, 0) is 0 Å². The van der Waals surface area contributed by atoms with Crippen molar-refractivity contribution in [1.29, 1.82) is 0 Å². The number of furan rings is 1. The van der Waals surface area contributed by atoms with Crippen LogP contribution in [0.1, 0.15) is 11.9 Å². The van der Waals surface area contributed by atoms with Gasteiger partial charge in [0.2, 0.25) is 0 Å². The van der Waals surface area contributed by atoms with Crippen LogP contribution in [0.2, 0.25) is 0 Å². The second kappa shape index (κ2) is 2.66. The summed E-state index contributed by atoms with van der Waals surface area (Å²) in [5, 5.41) is 9.00. The van der Waals surface area contributed by atoms with E-state index in [1.54, 1.807) is 12.1 Å². The molecule has 1 unspecified atom stereocenters. The fraction of sp³-hybridized carbons (Fsp3) is 0.333. The normalized spacial score (nSPS) is 13.6. The van der Waals surface area contributed by atoms with E-state index in [0.29, 0.717) is 5.76 Å². The first-order chi connectivity index (χ1) is 4.34. The zero-order valence-corrected chi connectivity index (χ0v) is 4.95. The van der Waals surface area contributed by atoms with E-state index < -0.39 is 6.10 Å². The van der Waals surface area contributed by atoms with Crippen molar-refractivity contribution in [2.75, 3.05) is 6.54 Å². The molecule has 3 N–H and O–H groups in total. The van der Waals surface area contributed by atoms with Gasteiger partial charge in [-0.1, -0.05) is 0 Å². The molecule has 1 aromatic rings. The Morgan fingerprint density at radius 2 is 2.56 bits per heavy atom. The predicted octanol–water partition coefficient (Wildman–Crippen LogP) is 0.272. The van der Waals surface area contributed by atoms with Crippen LogP contribution in [0.5, 0.6) is 0 Å². The summed E-state index contributed by atoms with van der Waals surface area (Å²) >= 11 is 0. The first kappa shape index (κ1) is 6.32. The topological polar surface area (TPSA) is 59.4 Å². The number of hydrogen-bond acceptors (Lipinski definition) is 3. The lowest BCUT2D eigenvalue weighted by Crippen LogP contribution is -2.10. The van der Waals surface area contributed by atoms with Gasteiger partial charge in [-0.05, 0) is 12.1 Å². The van der Waals surface area contributed by atoms with E-state index in [0.717, 1.165) is 0 Å². The van der Waals surface area contributed by atoms with E-state index in [9.17, 15) is 0 Å². The standard InChI is InChI=1S/C6H9NO2/c7-4-5(8)6-2-1-3-9-6/h1-3,5,8H,4,7H2/i4+1. The molecule has 1 atom stereocenters. The van der Waals surface area contributed by atoms with Gasteiger partial charge < -0.3 is 15.3 Å². The fourth-order valence-electron chi connectivity index (χ4n) is 0.597. The van der Waals surface area contributed by atoms with Crippen molar-refractivity contribution in [3.63, 3.8) is 0 Å². The lowest BCUT2D eigenvalue weighted by molar-refractivity contribution is 0.158. The Hall–Kier alpha value is -0.800. The summed E-state index contributed by atoms with van der Waals surface area (Å²) in [6.45, 7) is 0.202. The molecule has 9 heavy (non-hydrogen) atoms. The maximum atomic E-state index is 9.00. The largest absolute Gasteiger partial charge is 0.467 e. The molecule has 0 aliphatic carbocycles. The molecule has 1 heterocycles. The van der Waals surface area contributed by atoms with E-state index in [1.807, 2.05) is 0 Å². The summed E-state index contributed by atoms with van der Waals surface area (Å²) in [5.41, 5.74) is 5.15. The maximum Gasteiger partial charge on any atom is 0.133 e. The Morgan fingerprint density at radius 1 is 1.78 bits per heavy atom. The quantitative estimate of drug-likeness (QED) is 0.562. The highest BCUT2D eigenvalue weighted by Crippen LogP contribution is 2.10. The molecule has 0 aliphatic rings. The Bertz CT molecular complexity index is 160. The van der Waals surface area contributed by atoms with Crippen LogP contribution in [0.25, 0.3) is 0 Å². The molecule has 1 rings (SSSR count). The average molecular weight is 128 g/mol. The molecule has 3 heteroatoms. The second-order valence-corrected chi connectivity index (χ2v) is 1.77. The van der Waals surface area contributed by atoms with Gasteiger partial charge in [-0.25, -0.2) is 0 Å². The molecule has 3 nitrogen and oxygen atoms in total. The minimum Gasteiger partial charge on any atom is -0.467 e. The summed E-state index contributed by atoms with van der Waals surface area (Å²) < 4.78 is 4.86. The van der Waals surface area contributed by atoms with E-state index in [1.165, 1.54) is 6.26 Å². The molecule has 1 aromatic heterocycles. The minimum atomic E-state index is -0.653. The second-order valence-electron chi connectivity index (χ2n) is 1.77. The van der Waals surface area contributed by atoms with E-state index >= 15 is 0 Å². The predicted molar refractivity (Wildman–Crippen MR) is 32.7 cm³/mol. The summed E-state index contributed by atoms with van der Waals surface area (Å²) in [4.78, 5) is 0. The molecule has 0 fully saturated rings. The summed E-state index contributed by atoms with van der Waals surface area (Å²) in [6.07, 6.45) is 0.855. The smallest absolute Gasteiger partial charge is 0.133 e. The molecule has 0 radical (unpaired) electrons. The highest BCUT2D eigenvalue weighted by Gasteiger charge is 2.05. The van der Waals surface area contributed by atoms with Gasteiger partial charge in [-0.15, -0.1) is 0 Å². The van der Waals surface area contributed by atoms with Crippen LogP contribution < -0.4 is 5.73 Å². The van der Waals surface area contributed by atoms with Gasteiger partial charge in [-0.3, -0.25) is 0 Å². The highest BCUT2D eigenvalue weighted by molar-refractivity contribution is 5.01. The Morgan fingerprint density at radius 3 is 3.00 bits per heavy atom. The number of nitrogens with two attached hydrogens (primary N) is 1. The van der Waals surface area contributed by atoms with Crippen molar-refractivity contribution in [3.8, 4) is 0 Å². The van der Waals surface area contributed by atoms with Gasteiger partial charge >= 0.3 is 0 Å². The summed E-state index contributed by atoms with van der Waals surface area (Å²) in [5.74, 6) is 0.525. The van der Waals surface area contributed by atoms with Gasteiger partial charge in [-0.2, -0.15) is 0 Å². The fourth-order valence-corrected chi connectivity index (χ4v) is 0.597. The third-order valence-corrected chi connectivity index (χ3v) is 1.09. The Kier molecular flexibility index (Phi) is 1.87. The van der Waals surface area contributed by atoms with E-state index in [4.69, 9.17) is 15.3 Å². The van der Waals surface area contributed by atoms with Crippen molar-refractivity contribution in [3.05, 3.63) is 24.2 Å². The van der Waals surface area contributed by atoms with E-state index in [-0.39, 0.29) is 6.54 Å². The van der Waals surface area contributed by atoms with Crippen LogP contribution in [0, 0.1) is 0 Å². The van der Waals surface area contributed by atoms with Crippen molar-refractivity contribution < 1.29 is 9.52 Å². The number of aliphatic hydroxyl groups is 1. The number of aliphatic hydroxyl groups excluding tert-OH is 1. The van der Waals surface area contributed by atoms with Gasteiger partial charge in [0, 0.05) is 6.54 Å². The van der Waals surface area contributed by atoms with Crippen LogP contribution in [-0.4, -0.2) is 11.7 Å². The minimum absolute atomic E-state index is 0.202. The van der Waals surface area contributed by atoms with Crippen molar-refractivity contribution in [2.24, 2.45) is 5.73 Å². The van der Waals surface area contributed by atoms with Gasteiger partial charge in [0.05, 0.1) is 6.26 Å². The van der Waals surface area contributed by atoms with Crippen molar-refractivity contribution >= 4 is 0 Å².